The van der Waals surface area contributed by atoms with Gasteiger partial charge >= 0.3 is 0 Å². The van der Waals surface area contributed by atoms with E-state index in [0.29, 0.717) is 0 Å². The van der Waals surface area contributed by atoms with Crippen LogP contribution in [0.4, 0.5) is 0 Å². The van der Waals surface area contributed by atoms with Gasteiger partial charge in [0, 0.05) is 23.1 Å². The number of hydrogen-bond acceptors (Lipinski definition) is 0. The topological polar surface area (TPSA) is 4.93 Å². The van der Waals surface area contributed by atoms with Gasteiger partial charge in [0.2, 0.25) is 0 Å². The Bertz CT molecular complexity index is 531. The molecule has 1 heterocycles. The van der Waals surface area contributed by atoms with Crippen molar-refractivity contribution < 1.29 is 0 Å². The van der Waals surface area contributed by atoms with E-state index < -0.39 is 0 Å². The van der Waals surface area contributed by atoms with Crippen LogP contribution in [0.15, 0.2) is 49.1 Å². The third kappa shape index (κ3) is 1.81. The molecule has 82 valence electrons. The number of nitrogens with zero attached hydrogens (tertiary/aromatic N) is 1. The fourth-order valence-corrected chi connectivity index (χ4v) is 1.91. The summed E-state index contributed by atoms with van der Waals surface area (Å²) in [5, 5.41) is 1.27. The predicted molar refractivity (Wildman–Crippen MR) is 71.5 cm³/mol. The number of fused-ring (bicyclic) bond motifs is 1. The Labute approximate surface area is 96.7 Å². The van der Waals surface area contributed by atoms with Crippen molar-refractivity contribution in [2.45, 2.75) is 19.9 Å². The molecule has 0 bridgehead atoms. The van der Waals surface area contributed by atoms with Gasteiger partial charge in [-0.05, 0) is 24.6 Å². The molecule has 2 aromatic rings. The van der Waals surface area contributed by atoms with E-state index in [-0.39, 0.29) is 0 Å². The smallest absolute Gasteiger partial charge is 0.0488 e. The maximum absolute atomic E-state index is 4.08. The molecule has 0 N–H and O–H groups in total. The van der Waals surface area contributed by atoms with Crippen LogP contribution >= 0.6 is 0 Å². The summed E-state index contributed by atoms with van der Waals surface area (Å²) in [6, 6.07) is 10.6. The molecule has 1 aromatic heterocycles. The fraction of sp³-hybridized carbons (Fsp3) is 0.200. The van der Waals surface area contributed by atoms with Crippen molar-refractivity contribution >= 4 is 17.0 Å². The van der Waals surface area contributed by atoms with Gasteiger partial charge in [-0.3, -0.25) is 0 Å². The molecule has 0 aliphatic heterocycles. The highest BCUT2D eigenvalue weighted by molar-refractivity contribution is 5.83. The summed E-state index contributed by atoms with van der Waals surface area (Å²) in [7, 11) is 0. The van der Waals surface area contributed by atoms with E-state index in [9.17, 15) is 0 Å². The molecule has 0 saturated heterocycles. The van der Waals surface area contributed by atoms with Crippen LogP contribution in [0.5, 0.6) is 0 Å². The van der Waals surface area contributed by atoms with Gasteiger partial charge < -0.3 is 4.57 Å². The van der Waals surface area contributed by atoms with Crippen LogP contribution in [0, 0.1) is 0 Å². The molecule has 16 heavy (non-hydrogen) atoms. The van der Waals surface area contributed by atoms with Gasteiger partial charge in [0.15, 0.2) is 0 Å². The number of aromatic nitrogens is 1. The van der Waals surface area contributed by atoms with E-state index in [1.165, 1.54) is 16.5 Å². The summed E-state index contributed by atoms with van der Waals surface area (Å²) in [4.78, 5) is 0. The maximum atomic E-state index is 4.08. The molecule has 2 rings (SSSR count). The summed E-state index contributed by atoms with van der Waals surface area (Å²) in [5.41, 5.74) is 3.66. The minimum atomic E-state index is 0.880. The number of para-hydroxylation sites is 1. The van der Waals surface area contributed by atoms with Crippen molar-refractivity contribution in [3.8, 4) is 0 Å². The van der Waals surface area contributed by atoms with E-state index >= 15 is 0 Å². The minimum Gasteiger partial charge on any atom is -0.337 e. The standard InChI is InChI=1S/C15H17N/c1-4-12(3)11-16-14(5-2)10-13-8-6-7-9-15(13)16/h5-10H,2-4,11H2,1H3. The maximum Gasteiger partial charge on any atom is 0.0488 e. The van der Waals surface area contributed by atoms with E-state index in [0.717, 1.165) is 18.7 Å². The van der Waals surface area contributed by atoms with E-state index in [1.807, 2.05) is 6.08 Å². The van der Waals surface area contributed by atoms with E-state index in [1.54, 1.807) is 0 Å². The van der Waals surface area contributed by atoms with Crippen LogP contribution in [0.2, 0.25) is 0 Å². The van der Waals surface area contributed by atoms with E-state index in [4.69, 9.17) is 0 Å². The molecule has 0 spiro atoms. The lowest BCUT2D eigenvalue weighted by Gasteiger charge is -2.09. The Morgan fingerprint density at radius 3 is 2.81 bits per heavy atom. The average Bonchev–Trinajstić information content (AvgIpc) is 2.67. The molecule has 1 heteroatoms. The Morgan fingerprint density at radius 2 is 2.12 bits per heavy atom. The van der Waals surface area contributed by atoms with Gasteiger partial charge in [-0.2, -0.15) is 0 Å². The fourth-order valence-electron chi connectivity index (χ4n) is 1.91. The van der Waals surface area contributed by atoms with Crippen molar-refractivity contribution in [1.29, 1.82) is 0 Å². The summed E-state index contributed by atoms with van der Waals surface area (Å²) in [6.45, 7) is 11.0. The van der Waals surface area contributed by atoms with Gasteiger partial charge in [-0.25, -0.2) is 0 Å². The lowest BCUT2D eigenvalue weighted by molar-refractivity contribution is 0.783. The lowest BCUT2D eigenvalue weighted by Crippen LogP contribution is -2.01. The second-order valence-electron chi connectivity index (χ2n) is 4.02. The zero-order chi connectivity index (χ0) is 11.5. The van der Waals surface area contributed by atoms with Gasteiger partial charge in [0.1, 0.15) is 0 Å². The summed E-state index contributed by atoms with van der Waals surface area (Å²) < 4.78 is 2.27. The van der Waals surface area contributed by atoms with E-state index in [2.05, 4.69) is 55.0 Å². The van der Waals surface area contributed by atoms with Gasteiger partial charge in [-0.15, -0.1) is 0 Å². The second-order valence-corrected chi connectivity index (χ2v) is 4.02. The summed E-state index contributed by atoms with van der Waals surface area (Å²) in [6.07, 6.45) is 2.92. The first-order valence-electron chi connectivity index (χ1n) is 5.63. The third-order valence-corrected chi connectivity index (χ3v) is 2.93. The minimum absolute atomic E-state index is 0.880. The Kier molecular flexibility index (Phi) is 2.95. The summed E-state index contributed by atoms with van der Waals surface area (Å²) in [5.74, 6) is 0. The molecule has 0 radical (unpaired) electrons. The zero-order valence-corrected chi connectivity index (χ0v) is 9.74. The Balaban J connectivity index is 2.55. The summed E-state index contributed by atoms with van der Waals surface area (Å²) >= 11 is 0. The first-order valence-corrected chi connectivity index (χ1v) is 5.63. The van der Waals surface area contributed by atoms with Crippen molar-refractivity contribution in [3.63, 3.8) is 0 Å². The molecule has 0 aliphatic rings. The molecule has 0 atom stereocenters. The van der Waals surface area contributed by atoms with Crippen molar-refractivity contribution in [2.75, 3.05) is 0 Å². The number of rotatable bonds is 4. The van der Waals surface area contributed by atoms with Crippen LogP contribution in [0.3, 0.4) is 0 Å². The predicted octanol–water partition coefficient (Wildman–Crippen LogP) is 4.25. The molecule has 0 amide bonds. The highest BCUT2D eigenvalue weighted by atomic mass is 15.0. The largest absolute Gasteiger partial charge is 0.337 e. The third-order valence-electron chi connectivity index (χ3n) is 2.93. The molecule has 0 aliphatic carbocycles. The van der Waals surface area contributed by atoms with Crippen LogP contribution in [-0.2, 0) is 6.54 Å². The molecule has 0 unspecified atom stereocenters. The molecular weight excluding hydrogens is 194 g/mol. The number of hydrogen-bond donors (Lipinski definition) is 0. The quantitative estimate of drug-likeness (QED) is 0.666. The number of benzene rings is 1. The van der Waals surface area contributed by atoms with Crippen LogP contribution in [0.25, 0.3) is 17.0 Å². The van der Waals surface area contributed by atoms with Crippen LogP contribution < -0.4 is 0 Å². The van der Waals surface area contributed by atoms with Crippen LogP contribution in [-0.4, -0.2) is 4.57 Å². The highest BCUT2D eigenvalue weighted by Gasteiger charge is 2.05. The average molecular weight is 211 g/mol. The normalized spacial score (nSPS) is 10.6. The van der Waals surface area contributed by atoms with Crippen molar-refractivity contribution in [1.82, 2.24) is 4.57 Å². The first kappa shape index (κ1) is 10.7. The van der Waals surface area contributed by atoms with Gasteiger partial charge in [-0.1, -0.05) is 43.9 Å². The molecule has 0 fully saturated rings. The van der Waals surface area contributed by atoms with Crippen LogP contribution in [0.1, 0.15) is 19.0 Å². The zero-order valence-electron chi connectivity index (χ0n) is 9.74. The molecule has 1 aromatic carbocycles. The molecule has 0 saturated carbocycles. The second kappa shape index (κ2) is 4.40. The highest BCUT2D eigenvalue weighted by Crippen LogP contribution is 2.22. The van der Waals surface area contributed by atoms with Crippen molar-refractivity contribution in [3.05, 3.63) is 54.8 Å². The van der Waals surface area contributed by atoms with Gasteiger partial charge in [0.25, 0.3) is 0 Å². The Hall–Kier alpha value is -1.76. The number of allylic oxidation sites excluding steroid dienone is 1. The SMILES string of the molecule is C=Cc1cc2ccccc2n1CC(=C)CC. The van der Waals surface area contributed by atoms with Gasteiger partial charge in [0.05, 0.1) is 0 Å². The Morgan fingerprint density at radius 1 is 1.38 bits per heavy atom. The molecular formula is C15H17N. The monoisotopic (exact) mass is 211 g/mol. The molecule has 1 nitrogen and oxygen atoms in total. The lowest BCUT2D eigenvalue weighted by atomic mass is 10.2. The first-order chi connectivity index (χ1) is 7.76. The van der Waals surface area contributed by atoms with Crippen molar-refractivity contribution in [2.24, 2.45) is 0 Å².